The van der Waals surface area contributed by atoms with Gasteiger partial charge in [-0.15, -0.1) is 0 Å². The maximum Gasteiger partial charge on any atom is 0.136 e. The zero-order valence-corrected chi connectivity index (χ0v) is 18.1. The Kier molecular flexibility index (Phi) is 3.88. The highest BCUT2D eigenvalue weighted by Crippen LogP contribution is 2.42. The number of fused-ring (bicyclic) bond motifs is 7. The Morgan fingerprint density at radius 2 is 1.47 bits per heavy atom. The summed E-state index contributed by atoms with van der Waals surface area (Å²) in [6, 6.07) is 33.1. The summed E-state index contributed by atoms with van der Waals surface area (Å²) in [6.07, 6.45) is 3.43. The van der Waals surface area contributed by atoms with E-state index in [0.29, 0.717) is 5.56 Å². The molecule has 4 heteroatoms. The summed E-state index contributed by atoms with van der Waals surface area (Å²) in [6.45, 7) is 0. The first-order chi connectivity index (χ1) is 16.8. The maximum absolute atomic E-state index is 9.75. The summed E-state index contributed by atoms with van der Waals surface area (Å²) in [7, 11) is 0. The van der Waals surface area contributed by atoms with Gasteiger partial charge in [-0.2, -0.15) is 5.26 Å². The SMILES string of the molecule is N#Cc1ccncc1-c1ccccc1-n1c2ccccc2c2c3c(ccc21)oc1ccccc13. The standard InChI is InChI=1S/C30H17N3O/c31-17-19-15-16-32-18-23(19)20-7-1-4-10-24(20)33-25-11-5-2-8-21(25)29-26(33)13-14-28-30(29)22-9-3-6-12-27(22)34-28/h1-16,18H. The Bertz CT molecular complexity index is 1930. The number of nitriles is 1. The lowest BCUT2D eigenvalue weighted by atomic mass is 10.0. The Hall–Kier alpha value is -4.88. The van der Waals surface area contributed by atoms with Gasteiger partial charge in [-0.3, -0.25) is 4.98 Å². The molecule has 0 fully saturated rings. The molecular weight excluding hydrogens is 418 g/mol. The lowest BCUT2D eigenvalue weighted by Gasteiger charge is -2.14. The third-order valence-corrected chi connectivity index (χ3v) is 6.55. The Morgan fingerprint density at radius 1 is 0.676 bits per heavy atom. The van der Waals surface area contributed by atoms with Crippen molar-refractivity contribution >= 4 is 43.7 Å². The molecule has 3 heterocycles. The van der Waals surface area contributed by atoms with Gasteiger partial charge in [-0.25, -0.2) is 0 Å². The van der Waals surface area contributed by atoms with E-state index in [1.807, 2.05) is 24.3 Å². The molecular formula is C30H17N3O. The van der Waals surface area contributed by atoms with Gasteiger partial charge in [0.25, 0.3) is 0 Å². The molecule has 0 aliphatic heterocycles. The van der Waals surface area contributed by atoms with Crippen LogP contribution in [0.1, 0.15) is 5.56 Å². The lowest BCUT2D eigenvalue weighted by molar-refractivity contribution is 0.669. The van der Waals surface area contributed by atoms with Crippen LogP contribution in [0.4, 0.5) is 0 Å². The van der Waals surface area contributed by atoms with Crippen molar-refractivity contribution in [2.75, 3.05) is 0 Å². The first-order valence-electron chi connectivity index (χ1n) is 11.1. The molecule has 0 N–H and O–H groups in total. The predicted molar refractivity (Wildman–Crippen MR) is 136 cm³/mol. The van der Waals surface area contributed by atoms with Gasteiger partial charge >= 0.3 is 0 Å². The number of aromatic nitrogens is 2. The molecule has 0 saturated carbocycles. The fourth-order valence-corrected chi connectivity index (χ4v) is 5.14. The van der Waals surface area contributed by atoms with E-state index < -0.39 is 0 Å². The Balaban J connectivity index is 1.67. The minimum Gasteiger partial charge on any atom is -0.456 e. The average molecular weight is 435 g/mol. The van der Waals surface area contributed by atoms with E-state index in [4.69, 9.17) is 4.42 Å². The molecule has 4 nitrogen and oxygen atoms in total. The van der Waals surface area contributed by atoms with Gasteiger partial charge in [0, 0.05) is 45.1 Å². The lowest BCUT2D eigenvalue weighted by Crippen LogP contribution is -1.98. The summed E-state index contributed by atoms with van der Waals surface area (Å²) >= 11 is 0. The zero-order chi connectivity index (χ0) is 22.6. The molecule has 3 aromatic heterocycles. The summed E-state index contributed by atoms with van der Waals surface area (Å²) < 4.78 is 8.48. The van der Waals surface area contributed by atoms with E-state index in [2.05, 4.69) is 76.3 Å². The largest absolute Gasteiger partial charge is 0.456 e. The number of para-hydroxylation sites is 3. The number of rotatable bonds is 2. The summed E-state index contributed by atoms with van der Waals surface area (Å²) in [5, 5.41) is 14.3. The Morgan fingerprint density at radius 3 is 2.38 bits per heavy atom. The first-order valence-corrected chi connectivity index (χ1v) is 11.1. The number of pyridine rings is 1. The molecule has 34 heavy (non-hydrogen) atoms. The van der Waals surface area contributed by atoms with E-state index in [9.17, 15) is 5.26 Å². The predicted octanol–water partition coefficient (Wildman–Crippen LogP) is 7.62. The maximum atomic E-state index is 9.75. The van der Waals surface area contributed by atoms with E-state index in [1.165, 1.54) is 5.39 Å². The van der Waals surface area contributed by atoms with Crippen LogP contribution in [0.15, 0.2) is 108 Å². The van der Waals surface area contributed by atoms with Gasteiger partial charge in [-0.05, 0) is 36.4 Å². The highest BCUT2D eigenvalue weighted by molar-refractivity contribution is 6.27. The van der Waals surface area contributed by atoms with Crippen molar-refractivity contribution < 1.29 is 4.42 Å². The summed E-state index contributed by atoms with van der Waals surface area (Å²) in [4.78, 5) is 4.31. The number of hydrogen-bond donors (Lipinski definition) is 0. The highest BCUT2D eigenvalue weighted by atomic mass is 16.3. The quantitative estimate of drug-likeness (QED) is 0.281. The molecule has 7 rings (SSSR count). The van der Waals surface area contributed by atoms with Crippen molar-refractivity contribution in [2.24, 2.45) is 0 Å². The zero-order valence-electron chi connectivity index (χ0n) is 18.1. The average Bonchev–Trinajstić information content (AvgIpc) is 3.44. The monoisotopic (exact) mass is 435 g/mol. The van der Waals surface area contributed by atoms with Crippen LogP contribution in [0.25, 0.3) is 60.6 Å². The van der Waals surface area contributed by atoms with Crippen LogP contribution in [0, 0.1) is 11.3 Å². The van der Waals surface area contributed by atoms with Crippen LogP contribution in [-0.2, 0) is 0 Å². The second-order valence-electron chi connectivity index (χ2n) is 8.33. The van der Waals surface area contributed by atoms with Crippen molar-refractivity contribution in [2.45, 2.75) is 0 Å². The molecule has 0 amide bonds. The molecule has 0 atom stereocenters. The number of nitrogens with zero attached hydrogens (tertiary/aromatic N) is 3. The summed E-state index contributed by atoms with van der Waals surface area (Å²) in [5.74, 6) is 0. The minimum absolute atomic E-state index is 0.603. The van der Waals surface area contributed by atoms with Crippen LogP contribution >= 0.6 is 0 Å². The molecule has 0 aliphatic rings. The van der Waals surface area contributed by atoms with Gasteiger partial charge in [0.2, 0.25) is 0 Å². The fourth-order valence-electron chi connectivity index (χ4n) is 5.14. The number of benzene rings is 4. The minimum atomic E-state index is 0.603. The molecule has 4 aromatic carbocycles. The topological polar surface area (TPSA) is 54.8 Å². The number of hydrogen-bond acceptors (Lipinski definition) is 3. The van der Waals surface area contributed by atoms with Crippen LogP contribution in [0.3, 0.4) is 0 Å². The second kappa shape index (κ2) is 7.06. The van der Waals surface area contributed by atoms with Crippen LogP contribution in [-0.4, -0.2) is 9.55 Å². The third-order valence-electron chi connectivity index (χ3n) is 6.55. The normalized spacial score (nSPS) is 11.5. The van der Waals surface area contributed by atoms with Crippen molar-refractivity contribution in [3.63, 3.8) is 0 Å². The van der Waals surface area contributed by atoms with Gasteiger partial charge < -0.3 is 8.98 Å². The smallest absolute Gasteiger partial charge is 0.136 e. The molecule has 0 aliphatic carbocycles. The van der Waals surface area contributed by atoms with Gasteiger partial charge in [0.15, 0.2) is 0 Å². The van der Waals surface area contributed by atoms with Crippen molar-refractivity contribution in [3.8, 4) is 22.9 Å². The fraction of sp³-hybridized carbons (Fsp3) is 0. The van der Waals surface area contributed by atoms with Gasteiger partial charge in [0.1, 0.15) is 11.2 Å². The molecule has 0 saturated heterocycles. The highest BCUT2D eigenvalue weighted by Gasteiger charge is 2.20. The number of furan rings is 1. The van der Waals surface area contributed by atoms with E-state index in [1.54, 1.807) is 18.5 Å². The van der Waals surface area contributed by atoms with E-state index in [-0.39, 0.29) is 0 Å². The van der Waals surface area contributed by atoms with E-state index in [0.717, 1.165) is 55.2 Å². The van der Waals surface area contributed by atoms with Crippen molar-refractivity contribution in [1.82, 2.24) is 9.55 Å². The van der Waals surface area contributed by atoms with Crippen LogP contribution in [0.2, 0.25) is 0 Å². The third kappa shape index (κ3) is 2.49. The first kappa shape index (κ1) is 18.7. The van der Waals surface area contributed by atoms with Gasteiger partial charge in [-0.1, -0.05) is 54.6 Å². The Labute approximate surface area is 194 Å². The van der Waals surface area contributed by atoms with Crippen LogP contribution < -0.4 is 0 Å². The van der Waals surface area contributed by atoms with Crippen molar-refractivity contribution in [3.05, 3.63) is 109 Å². The van der Waals surface area contributed by atoms with Gasteiger partial charge in [0.05, 0.1) is 28.4 Å². The van der Waals surface area contributed by atoms with Crippen molar-refractivity contribution in [1.29, 1.82) is 5.26 Å². The molecule has 0 bridgehead atoms. The van der Waals surface area contributed by atoms with E-state index >= 15 is 0 Å². The summed E-state index contributed by atoms with van der Waals surface area (Å²) in [5.41, 5.74) is 7.35. The van der Waals surface area contributed by atoms with Crippen LogP contribution in [0.5, 0.6) is 0 Å². The molecule has 0 radical (unpaired) electrons. The second-order valence-corrected chi connectivity index (χ2v) is 8.33. The molecule has 0 spiro atoms. The molecule has 0 unspecified atom stereocenters. The molecule has 7 aromatic rings. The molecule has 158 valence electrons.